The third-order valence-corrected chi connectivity index (χ3v) is 6.44. The lowest BCUT2D eigenvalue weighted by Crippen LogP contribution is -2.39. The molecule has 0 radical (unpaired) electrons. The molecule has 3 heterocycles. The Balaban J connectivity index is 1.61. The van der Waals surface area contributed by atoms with Crippen molar-refractivity contribution in [2.45, 2.75) is 19.6 Å². The number of nitrogens with zero attached hydrogens (tertiary/aromatic N) is 2. The predicted octanol–water partition coefficient (Wildman–Crippen LogP) is 3.71. The van der Waals surface area contributed by atoms with Crippen LogP contribution >= 0.6 is 11.3 Å². The van der Waals surface area contributed by atoms with Crippen LogP contribution < -0.4 is 14.9 Å². The summed E-state index contributed by atoms with van der Waals surface area (Å²) in [5, 5.41) is 0. The monoisotopic (exact) mass is 474 g/mol. The maximum Gasteiger partial charge on any atom is 0.338 e. The molecule has 4 aromatic rings. The maximum absolute atomic E-state index is 13.7. The van der Waals surface area contributed by atoms with Crippen LogP contribution in [-0.4, -0.2) is 10.5 Å². The van der Waals surface area contributed by atoms with Crippen LogP contribution in [0.4, 0.5) is 4.39 Å². The lowest BCUT2D eigenvalue weighted by Gasteiger charge is -2.24. The number of esters is 1. The molecule has 0 aliphatic carbocycles. The number of carbonyl (C=O) groups is 1. The van der Waals surface area contributed by atoms with Gasteiger partial charge in [-0.25, -0.2) is 14.2 Å². The normalized spacial score (nSPS) is 15.7. The Labute approximate surface area is 197 Å². The van der Waals surface area contributed by atoms with E-state index >= 15 is 0 Å². The van der Waals surface area contributed by atoms with Crippen LogP contribution in [0.2, 0.25) is 0 Å². The van der Waals surface area contributed by atoms with Crippen molar-refractivity contribution in [3.63, 3.8) is 0 Å². The highest BCUT2D eigenvalue weighted by Gasteiger charge is 2.33. The third kappa shape index (κ3) is 4.15. The first-order chi connectivity index (χ1) is 16.5. The molecule has 0 saturated heterocycles. The zero-order valence-electron chi connectivity index (χ0n) is 18.1. The number of thiazole rings is 1. The molecular weight excluding hydrogens is 455 g/mol. The second-order valence-electron chi connectivity index (χ2n) is 7.71. The van der Waals surface area contributed by atoms with E-state index in [1.807, 2.05) is 30.3 Å². The summed E-state index contributed by atoms with van der Waals surface area (Å²) in [6, 6.07) is 17.7. The minimum Gasteiger partial charge on any atom is -0.465 e. The first-order valence-corrected chi connectivity index (χ1v) is 11.4. The van der Waals surface area contributed by atoms with Crippen LogP contribution in [0.15, 0.2) is 98.5 Å². The van der Waals surface area contributed by atoms with Gasteiger partial charge in [-0.1, -0.05) is 53.8 Å². The molecule has 0 unspecified atom stereocenters. The van der Waals surface area contributed by atoms with Crippen LogP contribution in [-0.2, 0) is 16.1 Å². The van der Waals surface area contributed by atoms with E-state index < -0.39 is 17.8 Å². The van der Waals surface area contributed by atoms with E-state index in [-0.39, 0.29) is 17.7 Å². The van der Waals surface area contributed by atoms with Gasteiger partial charge in [0.25, 0.3) is 5.56 Å². The summed E-state index contributed by atoms with van der Waals surface area (Å²) in [6.45, 7) is 1.79. The van der Waals surface area contributed by atoms with Gasteiger partial charge in [-0.2, -0.15) is 0 Å². The van der Waals surface area contributed by atoms with Crippen molar-refractivity contribution >= 4 is 23.4 Å². The molecule has 1 atom stereocenters. The van der Waals surface area contributed by atoms with Gasteiger partial charge in [-0.05, 0) is 42.3 Å². The first kappa shape index (κ1) is 21.8. The fourth-order valence-corrected chi connectivity index (χ4v) is 4.87. The second kappa shape index (κ2) is 9.07. The van der Waals surface area contributed by atoms with E-state index in [2.05, 4.69) is 4.99 Å². The number of halogens is 1. The maximum atomic E-state index is 13.7. The number of hydrogen-bond donors (Lipinski definition) is 0. The number of carbonyl (C=O) groups excluding carboxylic acids is 1. The van der Waals surface area contributed by atoms with Crippen LogP contribution in [0.25, 0.3) is 6.08 Å². The predicted molar refractivity (Wildman–Crippen MR) is 125 cm³/mol. The number of furan rings is 1. The first-order valence-electron chi connectivity index (χ1n) is 10.5. The fraction of sp³-hybridized carbons (Fsp3) is 0.115. The molecule has 8 heteroatoms. The van der Waals surface area contributed by atoms with E-state index in [1.54, 1.807) is 37.3 Å². The molecule has 2 aromatic carbocycles. The summed E-state index contributed by atoms with van der Waals surface area (Å²) in [5.74, 6) is -0.468. The number of aromatic nitrogens is 1. The number of allylic oxidation sites excluding steroid dienone is 1. The fourth-order valence-electron chi connectivity index (χ4n) is 3.85. The molecule has 34 heavy (non-hydrogen) atoms. The van der Waals surface area contributed by atoms with E-state index in [9.17, 15) is 14.0 Å². The summed E-state index contributed by atoms with van der Waals surface area (Å²) in [4.78, 5) is 31.7. The average molecular weight is 475 g/mol. The van der Waals surface area contributed by atoms with Gasteiger partial charge in [-0.3, -0.25) is 9.36 Å². The Kier molecular flexibility index (Phi) is 5.81. The van der Waals surface area contributed by atoms with Gasteiger partial charge in [0, 0.05) is 6.08 Å². The molecule has 1 aliphatic rings. The van der Waals surface area contributed by atoms with Gasteiger partial charge in [0.05, 0.1) is 28.1 Å². The molecule has 2 aromatic heterocycles. The highest BCUT2D eigenvalue weighted by molar-refractivity contribution is 7.07. The number of ether oxygens (including phenoxy) is 1. The van der Waals surface area contributed by atoms with Crippen molar-refractivity contribution in [3.8, 4) is 0 Å². The average Bonchev–Trinajstić information content (AvgIpc) is 3.46. The lowest BCUT2D eigenvalue weighted by molar-refractivity contribution is -0.140. The number of fused-ring (bicyclic) bond motifs is 1. The molecule has 0 bridgehead atoms. The molecule has 5 rings (SSSR count). The largest absolute Gasteiger partial charge is 0.465 e. The van der Waals surface area contributed by atoms with Gasteiger partial charge < -0.3 is 9.15 Å². The molecule has 170 valence electrons. The lowest BCUT2D eigenvalue weighted by atomic mass is 9.96. The minimum atomic E-state index is -0.807. The topological polar surface area (TPSA) is 73.8 Å². The molecule has 1 aliphatic heterocycles. The Hall–Kier alpha value is -4.04. The molecule has 0 spiro atoms. The van der Waals surface area contributed by atoms with Crippen LogP contribution in [0.1, 0.15) is 29.9 Å². The summed E-state index contributed by atoms with van der Waals surface area (Å²) in [5.41, 5.74) is 1.77. The minimum absolute atomic E-state index is 0.0789. The van der Waals surface area contributed by atoms with Crippen LogP contribution in [0.5, 0.6) is 0 Å². The van der Waals surface area contributed by atoms with Gasteiger partial charge >= 0.3 is 5.97 Å². The van der Waals surface area contributed by atoms with E-state index in [0.29, 0.717) is 26.4 Å². The smallest absolute Gasteiger partial charge is 0.338 e. The van der Waals surface area contributed by atoms with Crippen LogP contribution in [0, 0.1) is 5.82 Å². The number of benzene rings is 2. The summed E-state index contributed by atoms with van der Waals surface area (Å²) in [6.07, 6.45) is 3.16. The molecule has 0 saturated carbocycles. The second-order valence-corrected chi connectivity index (χ2v) is 8.72. The van der Waals surface area contributed by atoms with Crippen molar-refractivity contribution in [1.29, 1.82) is 0 Å². The Morgan fingerprint density at radius 1 is 1.15 bits per heavy atom. The van der Waals surface area contributed by atoms with Crippen molar-refractivity contribution in [3.05, 3.63) is 127 Å². The molecule has 6 nitrogen and oxygen atoms in total. The van der Waals surface area contributed by atoms with Gasteiger partial charge in [0.2, 0.25) is 0 Å². The summed E-state index contributed by atoms with van der Waals surface area (Å²) in [7, 11) is 0. The summed E-state index contributed by atoms with van der Waals surface area (Å²) >= 11 is 1.20. The highest BCUT2D eigenvalue weighted by Crippen LogP contribution is 2.31. The van der Waals surface area contributed by atoms with Gasteiger partial charge in [-0.15, -0.1) is 0 Å². The Morgan fingerprint density at radius 2 is 1.91 bits per heavy atom. The van der Waals surface area contributed by atoms with Crippen molar-refractivity contribution in [2.75, 3.05) is 0 Å². The zero-order valence-corrected chi connectivity index (χ0v) is 18.9. The number of rotatable bonds is 5. The van der Waals surface area contributed by atoms with E-state index in [4.69, 9.17) is 9.15 Å². The van der Waals surface area contributed by atoms with E-state index in [1.165, 1.54) is 34.3 Å². The molecule has 0 amide bonds. The Bertz CT molecular complexity index is 1550. The number of hydrogen-bond acceptors (Lipinski definition) is 6. The molecule has 0 fully saturated rings. The standard InChI is InChI=1S/C26H19FN2O4S/c1-16-22(25(31)33-15-17-6-3-2-4-7-17)23(18-9-11-19(27)12-10-18)29-24(30)21(34-26(29)28-16)14-20-8-5-13-32-20/h2-14,23H,15H2,1H3/b21-14-/t23-/m1/s1. The van der Waals surface area contributed by atoms with Crippen molar-refractivity contribution in [2.24, 2.45) is 4.99 Å². The van der Waals surface area contributed by atoms with E-state index in [0.717, 1.165) is 5.56 Å². The molecular formula is C26H19FN2O4S. The quantitative estimate of drug-likeness (QED) is 0.414. The SMILES string of the molecule is CC1=C(C(=O)OCc2ccccc2)[C@@H](c2ccc(F)cc2)n2c(s/c(=C\c3ccco3)c2=O)=N1. The molecule has 0 N–H and O–H groups in total. The Morgan fingerprint density at radius 3 is 2.62 bits per heavy atom. The van der Waals surface area contributed by atoms with Crippen LogP contribution in [0.3, 0.4) is 0 Å². The highest BCUT2D eigenvalue weighted by atomic mass is 32.1. The summed E-state index contributed by atoms with van der Waals surface area (Å²) < 4.78 is 26.5. The van der Waals surface area contributed by atoms with Gasteiger partial charge in [0.1, 0.15) is 18.2 Å². The zero-order chi connectivity index (χ0) is 23.7. The van der Waals surface area contributed by atoms with Crippen molar-refractivity contribution < 1.29 is 18.3 Å². The van der Waals surface area contributed by atoms with Gasteiger partial charge in [0.15, 0.2) is 4.80 Å². The van der Waals surface area contributed by atoms with Crippen molar-refractivity contribution in [1.82, 2.24) is 4.57 Å². The third-order valence-electron chi connectivity index (χ3n) is 5.46.